The fourth-order valence-corrected chi connectivity index (χ4v) is 6.09. The van der Waals surface area contributed by atoms with Crippen molar-refractivity contribution in [1.29, 1.82) is 0 Å². The Kier molecular flexibility index (Phi) is 13.5. The number of carbonyl (C=O) groups is 5. The summed E-state index contributed by atoms with van der Waals surface area (Å²) in [5, 5.41) is 11.1. The molecule has 0 unspecified atom stereocenters. The number of nitro benzene ring substituents is 1. The van der Waals surface area contributed by atoms with E-state index >= 15 is 0 Å². The molecule has 0 aromatic heterocycles. The highest BCUT2D eigenvalue weighted by Crippen LogP contribution is 2.43. The van der Waals surface area contributed by atoms with E-state index < -0.39 is 98.9 Å². The summed E-state index contributed by atoms with van der Waals surface area (Å²) in [6.45, 7) is 15.1. The molecule has 3 rings (SSSR count). The molecule has 2 aliphatic rings. The average molecular weight is 740 g/mol. The third kappa shape index (κ3) is 11.0. The summed E-state index contributed by atoms with van der Waals surface area (Å²) < 4.78 is 52.6. The van der Waals surface area contributed by atoms with Crippen molar-refractivity contribution in [2.24, 2.45) is 0 Å². The maximum Gasteiger partial charge on any atom is 0.303 e. The predicted molar refractivity (Wildman–Crippen MR) is 176 cm³/mol. The molecular formula is C33H45NO16Si. The molecule has 0 spiro atoms. The standard InChI is InChI=1S/C33H45NO16Si/c1-17(35)42-16-25-29(44-19(3)37)30(45-20(4)38)31(46-21(5)39)32(47-25)49-26-15-24(50-51(9,10)33(6,7)8)28(43-18(2)36)27(48-26)22-11-13-23(14-12-22)34(40)41/h11-15,25-32H,16H2,1-10H3/t25-,26+,27-,28-,29-,30+,31-,32+/m1/s1. The first-order valence-corrected chi connectivity index (χ1v) is 18.9. The molecule has 282 valence electrons. The SMILES string of the molecule is CC(=O)OC[C@H]1O[C@@H](O[C@H]2C=C(O[Si](C)(C)C(C)(C)C)[C@@H](OC(C)=O)[C@@H](c3ccc([N+](=O)[O-])cc3)O2)[C@H](OC(C)=O)[C@@H](OC(C)=O)[C@@H]1OC(C)=O. The van der Waals surface area contributed by atoms with Crippen molar-refractivity contribution >= 4 is 43.9 Å². The molecule has 17 nitrogen and oxygen atoms in total. The van der Waals surface area contributed by atoms with Gasteiger partial charge in [0.05, 0.1) is 4.92 Å². The van der Waals surface area contributed by atoms with Crippen molar-refractivity contribution < 1.29 is 71.2 Å². The van der Waals surface area contributed by atoms with Gasteiger partial charge in [-0.2, -0.15) is 0 Å². The predicted octanol–water partition coefficient (Wildman–Crippen LogP) is 3.93. The second-order valence-corrected chi connectivity index (χ2v) is 18.2. The van der Waals surface area contributed by atoms with Gasteiger partial charge in [-0.05, 0) is 35.8 Å². The topological polar surface area (TPSA) is 212 Å². The molecule has 1 fully saturated rings. The van der Waals surface area contributed by atoms with Crippen molar-refractivity contribution in [3.05, 3.63) is 51.8 Å². The Hall–Kier alpha value is -4.39. The number of non-ortho nitro benzene ring substituents is 1. The molecule has 0 radical (unpaired) electrons. The van der Waals surface area contributed by atoms with Crippen LogP contribution in [0, 0.1) is 10.1 Å². The Bertz CT molecular complexity index is 1500. The van der Waals surface area contributed by atoms with Crippen LogP contribution < -0.4 is 0 Å². The molecule has 0 saturated carbocycles. The fourth-order valence-electron chi connectivity index (χ4n) is 5.01. The monoisotopic (exact) mass is 739 g/mol. The molecule has 18 heteroatoms. The quantitative estimate of drug-likeness (QED) is 0.0977. The second kappa shape index (κ2) is 16.7. The molecule has 1 saturated heterocycles. The van der Waals surface area contributed by atoms with E-state index in [0.29, 0.717) is 5.56 Å². The number of esters is 5. The van der Waals surface area contributed by atoms with E-state index in [1.807, 2.05) is 33.9 Å². The van der Waals surface area contributed by atoms with Crippen LogP contribution in [0.3, 0.4) is 0 Å². The Labute approximate surface area is 296 Å². The third-order valence-corrected chi connectivity index (χ3v) is 12.6. The first-order chi connectivity index (χ1) is 23.6. The maximum atomic E-state index is 12.4. The van der Waals surface area contributed by atoms with Crippen LogP contribution in [0.15, 0.2) is 36.1 Å². The highest BCUT2D eigenvalue weighted by molar-refractivity contribution is 6.74. The Morgan fingerprint density at radius 1 is 0.784 bits per heavy atom. The first kappa shape index (κ1) is 41.0. The lowest BCUT2D eigenvalue weighted by molar-refractivity contribution is -0.384. The Morgan fingerprint density at radius 3 is 1.80 bits per heavy atom. The summed E-state index contributed by atoms with van der Waals surface area (Å²) in [7, 11) is -2.66. The minimum absolute atomic E-state index is 0.155. The van der Waals surface area contributed by atoms with E-state index in [4.69, 9.17) is 42.3 Å². The molecule has 8 atom stereocenters. The normalized spacial score (nSPS) is 26.5. The van der Waals surface area contributed by atoms with Gasteiger partial charge in [0.1, 0.15) is 24.6 Å². The fraction of sp³-hybridized carbons (Fsp3) is 0.606. The van der Waals surface area contributed by atoms with Gasteiger partial charge in [-0.15, -0.1) is 0 Å². The molecule has 1 aromatic rings. The number of nitro groups is 1. The van der Waals surface area contributed by atoms with E-state index in [9.17, 15) is 34.1 Å². The average Bonchev–Trinajstić information content (AvgIpc) is 2.98. The van der Waals surface area contributed by atoms with Gasteiger partial charge in [-0.3, -0.25) is 34.1 Å². The highest BCUT2D eigenvalue weighted by Gasteiger charge is 2.54. The van der Waals surface area contributed by atoms with Gasteiger partial charge >= 0.3 is 29.8 Å². The van der Waals surface area contributed by atoms with E-state index in [0.717, 1.165) is 27.7 Å². The lowest BCUT2D eigenvalue weighted by atomic mass is 9.98. The zero-order valence-corrected chi connectivity index (χ0v) is 31.2. The van der Waals surface area contributed by atoms with E-state index in [1.54, 1.807) is 0 Å². The van der Waals surface area contributed by atoms with Crippen LogP contribution in [0.2, 0.25) is 18.1 Å². The molecule has 2 heterocycles. The summed E-state index contributed by atoms with van der Waals surface area (Å²) >= 11 is 0. The van der Waals surface area contributed by atoms with E-state index in [1.165, 1.54) is 37.3 Å². The van der Waals surface area contributed by atoms with Crippen LogP contribution in [-0.2, 0) is 66.3 Å². The maximum absolute atomic E-state index is 12.4. The molecule has 0 N–H and O–H groups in total. The molecule has 0 bridgehead atoms. The number of carbonyl (C=O) groups excluding carboxylic acids is 5. The van der Waals surface area contributed by atoms with E-state index in [2.05, 4.69) is 0 Å². The Morgan fingerprint density at radius 2 is 1.31 bits per heavy atom. The van der Waals surface area contributed by atoms with Crippen LogP contribution in [0.4, 0.5) is 5.69 Å². The number of ether oxygens (including phenoxy) is 8. The highest BCUT2D eigenvalue weighted by atomic mass is 28.4. The van der Waals surface area contributed by atoms with Gasteiger partial charge in [0.25, 0.3) is 5.69 Å². The van der Waals surface area contributed by atoms with Crippen molar-refractivity contribution in [2.45, 2.75) is 123 Å². The van der Waals surface area contributed by atoms with Gasteiger partial charge < -0.3 is 42.3 Å². The van der Waals surface area contributed by atoms with Gasteiger partial charge in [-0.25, -0.2) is 0 Å². The van der Waals surface area contributed by atoms with Gasteiger partial charge in [0.15, 0.2) is 30.7 Å². The molecule has 51 heavy (non-hydrogen) atoms. The first-order valence-electron chi connectivity index (χ1n) is 16.0. The zero-order chi connectivity index (χ0) is 38.4. The molecule has 0 amide bonds. The van der Waals surface area contributed by atoms with Crippen molar-refractivity contribution in [2.75, 3.05) is 6.61 Å². The molecular weight excluding hydrogens is 694 g/mol. The van der Waals surface area contributed by atoms with Crippen LogP contribution in [0.5, 0.6) is 0 Å². The minimum Gasteiger partial charge on any atom is -0.544 e. The summed E-state index contributed by atoms with van der Waals surface area (Å²) in [6, 6.07) is 5.37. The molecule has 1 aromatic carbocycles. The van der Waals surface area contributed by atoms with Crippen molar-refractivity contribution in [1.82, 2.24) is 0 Å². The third-order valence-electron chi connectivity index (χ3n) is 8.26. The summed E-state index contributed by atoms with van der Waals surface area (Å²) in [5.41, 5.74) is 0.156. The zero-order valence-electron chi connectivity index (χ0n) is 30.2. The van der Waals surface area contributed by atoms with Crippen molar-refractivity contribution in [3.8, 4) is 0 Å². The number of hydrogen-bond acceptors (Lipinski definition) is 16. The minimum atomic E-state index is -2.66. The number of benzene rings is 1. The second-order valence-electron chi connectivity index (χ2n) is 13.4. The van der Waals surface area contributed by atoms with Crippen LogP contribution in [0.25, 0.3) is 0 Å². The van der Waals surface area contributed by atoms with Gasteiger partial charge in [0, 0.05) is 52.8 Å². The van der Waals surface area contributed by atoms with E-state index in [-0.39, 0.29) is 16.5 Å². The van der Waals surface area contributed by atoms with Crippen LogP contribution in [0.1, 0.15) is 67.1 Å². The number of hydrogen-bond donors (Lipinski definition) is 0. The largest absolute Gasteiger partial charge is 0.544 e. The van der Waals surface area contributed by atoms with Crippen LogP contribution >= 0.6 is 0 Å². The molecule has 2 aliphatic heterocycles. The lowest BCUT2D eigenvalue weighted by Gasteiger charge is -2.46. The van der Waals surface area contributed by atoms with Crippen molar-refractivity contribution in [3.63, 3.8) is 0 Å². The summed E-state index contributed by atoms with van der Waals surface area (Å²) in [5.74, 6) is -3.68. The summed E-state index contributed by atoms with van der Waals surface area (Å²) in [4.78, 5) is 71.8. The number of rotatable bonds is 12. The van der Waals surface area contributed by atoms with Crippen LogP contribution in [-0.4, -0.2) is 92.8 Å². The van der Waals surface area contributed by atoms with Gasteiger partial charge in [0.2, 0.25) is 14.6 Å². The molecule has 0 aliphatic carbocycles. The smallest absolute Gasteiger partial charge is 0.303 e. The lowest BCUT2D eigenvalue weighted by Crippen LogP contribution is -2.63. The number of nitrogens with zero attached hydrogens (tertiary/aromatic N) is 1. The summed E-state index contributed by atoms with van der Waals surface area (Å²) in [6.07, 6.45) is -9.75. The Balaban J connectivity index is 2.18. The van der Waals surface area contributed by atoms with Gasteiger partial charge in [-0.1, -0.05) is 20.8 Å².